The Morgan fingerprint density at radius 3 is 2.50 bits per heavy atom. The number of nitrogens with zero attached hydrogens (tertiary/aromatic N) is 1. The fourth-order valence-corrected chi connectivity index (χ4v) is 1.51. The number of rotatable bonds is 3. The fourth-order valence-electron chi connectivity index (χ4n) is 1.51. The van der Waals surface area contributed by atoms with E-state index < -0.39 is 0 Å². The number of nitrogens with one attached hydrogen (secondary N) is 1. The van der Waals surface area contributed by atoms with Crippen LogP contribution in [0.15, 0.2) is 18.8 Å². The van der Waals surface area contributed by atoms with Gasteiger partial charge in [-0.05, 0) is 38.3 Å². The zero-order chi connectivity index (χ0) is 13.7. The van der Waals surface area contributed by atoms with Gasteiger partial charge in [0.25, 0.3) is 0 Å². The van der Waals surface area contributed by atoms with Gasteiger partial charge in [-0.3, -0.25) is 10.4 Å². The Hall–Kier alpha value is -1.64. The van der Waals surface area contributed by atoms with Crippen LogP contribution in [0.3, 0.4) is 0 Å². The Balaban J connectivity index is 0.000000771. The standard InChI is InChI=1S/C13H16N2O.C2H6/c1-8(2)11-6-9(3)15-7-12(11)13(14)16-10-4-5-10;1-2/h6-7,10,14H,1,4-5H2,2-3H3;1-2H3. The monoisotopic (exact) mass is 246 g/mol. The molecule has 1 aromatic heterocycles. The first kappa shape index (κ1) is 14.4. The van der Waals surface area contributed by atoms with Crippen molar-refractivity contribution in [3.63, 3.8) is 0 Å². The second kappa shape index (κ2) is 6.34. The maximum atomic E-state index is 7.90. The lowest BCUT2D eigenvalue weighted by Gasteiger charge is -2.11. The summed E-state index contributed by atoms with van der Waals surface area (Å²) in [4.78, 5) is 4.21. The van der Waals surface area contributed by atoms with Crippen LogP contribution in [0, 0.1) is 12.3 Å². The second-order valence-corrected chi connectivity index (χ2v) is 4.30. The average molecular weight is 246 g/mol. The SMILES string of the molecule is C=C(C)c1cc(C)ncc1C(=N)OC1CC1.CC. The van der Waals surface area contributed by atoms with Crippen molar-refractivity contribution in [1.82, 2.24) is 4.98 Å². The normalized spacial score (nSPS) is 13.3. The van der Waals surface area contributed by atoms with Gasteiger partial charge in [0.2, 0.25) is 5.90 Å². The molecule has 0 radical (unpaired) electrons. The van der Waals surface area contributed by atoms with Gasteiger partial charge in [-0.1, -0.05) is 26.0 Å². The number of aromatic nitrogens is 1. The second-order valence-electron chi connectivity index (χ2n) is 4.30. The minimum absolute atomic E-state index is 0.216. The Labute approximate surface area is 109 Å². The molecule has 0 unspecified atom stereocenters. The fraction of sp³-hybridized carbons (Fsp3) is 0.467. The van der Waals surface area contributed by atoms with Crippen LogP contribution in [0.2, 0.25) is 0 Å². The molecule has 3 heteroatoms. The third-order valence-electron chi connectivity index (χ3n) is 2.55. The van der Waals surface area contributed by atoms with Crippen LogP contribution in [0.1, 0.15) is 50.4 Å². The molecule has 1 fully saturated rings. The number of hydrogen-bond donors (Lipinski definition) is 1. The van der Waals surface area contributed by atoms with E-state index in [0.29, 0.717) is 0 Å². The van der Waals surface area contributed by atoms with E-state index >= 15 is 0 Å². The number of hydrogen-bond acceptors (Lipinski definition) is 3. The topological polar surface area (TPSA) is 46.0 Å². The summed E-state index contributed by atoms with van der Waals surface area (Å²) >= 11 is 0. The van der Waals surface area contributed by atoms with Crippen molar-refractivity contribution in [3.8, 4) is 0 Å². The summed E-state index contributed by atoms with van der Waals surface area (Å²) in [6.07, 6.45) is 4.06. The highest BCUT2D eigenvalue weighted by molar-refractivity contribution is 5.96. The molecular weight excluding hydrogens is 224 g/mol. The summed E-state index contributed by atoms with van der Waals surface area (Å²) in [5.74, 6) is 0.216. The van der Waals surface area contributed by atoms with E-state index in [1.807, 2.05) is 33.8 Å². The Kier molecular flexibility index (Phi) is 5.08. The van der Waals surface area contributed by atoms with Crippen molar-refractivity contribution in [2.45, 2.75) is 46.6 Å². The molecule has 1 heterocycles. The minimum atomic E-state index is 0.216. The number of ether oxygens (including phenoxy) is 1. The Morgan fingerprint density at radius 2 is 2.00 bits per heavy atom. The molecular formula is C15H22N2O. The predicted molar refractivity (Wildman–Crippen MR) is 76.0 cm³/mol. The van der Waals surface area contributed by atoms with Crippen LogP contribution in [-0.4, -0.2) is 17.0 Å². The van der Waals surface area contributed by atoms with Crippen molar-refractivity contribution in [3.05, 3.63) is 35.7 Å². The first-order valence-corrected chi connectivity index (χ1v) is 6.46. The third kappa shape index (κ3) is 3.69. The molecule has 98 valence electrons. The van der Waals surface area contributed by atoms with Gasteiger partial charge in [-0.15, -0.1) is 0 Å². The van der Waals surface area contributed by atoms with E-state index in [0.717, 1.165) is 35.2 Å². The van der Waals surface area contributed by atoms with E-state index in [1.165, 1.54) is 0 Å². The molecule has 0 amide bonds. The molecule has 0 saturated heterocycles. The highest BCUT2D eigenvalue weighted by Crippen LogP contribution is 2.26. The number of aryl methyl sites for hydroxylation is 1. The molecule has 1 aromatic rings. The molecule has 1 saturated carbocycles. The molecule has 18 heavy (non-hydrogen) atoms. The lowest BCUT2D eigenvalue weighted by Crippen LogP contribution is -2.10. The van der Waals surface area contributed by atoms with Crippen LogP contribution in [0.4, 0.5) is 0 Å². The molecule has 3 nitrogen and oxygen atoms in total. The molecule has 0 aliphatic heterocycles. The smallest absolute Gasteiger partial charge is 0.215 e. The molecule has 0 atom stereocenters. The van der Waals surface area contributed by atoms with Crippen LogP contribution >= 0.6 is 0 Å². The molecule has 1 N–H and O–H groups in total. The van der Waals surface area contributed by atoms with Gasteiger partial charge in [0, 0.05) is 11.9 Å². The van der Waals surface area contributed by atoms with Crippen LogP contribution in [0.5, 0.6) is 0 Å². The lowest BCUT2D eigenvalue weighted by atomic mass is 10.0. The van der Waals surface area contributed by atoms with Gasteiger partial charge in [0.1, 0.15) is 6.10 Å². The average Bonchev–Trinajstić information content (AvgIpc) is 3.15. The molecule has 2 rings (SSSR count). The van der Waals surface area contributed by atoms with Gasteiger partial charge in [-0.25, -0.2) is 0 Å². The molecule has 1 aliphatic carbocycles. The molecule has 0 aromatic carbocycles. The maximum Gasteiger partial charge on any atom is 0.215 e. The van der Waals surface area contributed by atoms with Crippen molar-refractivity contribution in [2.24, 2.45) is 0 Å². The zero-order valence-electron chi connectivity index (χ0n) is 11.7. The maximum absolute atomic E-state index is 7.90. The van der Waals surface area contributed by atoms with Gasteiger partial charge in [0.05, 0.1) is 5.56 Å². The van der Waals surface area contributed by atoms with Gasteiger partial charge >= 0.3 is 0 Å². The summed E-state index contributed by atoms with van der Waals surface area (Å²) in [7, 11) is 0. The zero-order valence-corrected chi connectivity index (χ0v) is 11.7. The highest BCUT2D eigenvalue weighted by atomic mass is 16.5. The predicted octanol–water partition coefficient (Wildman–Crippen LogP) is 3.95. The quantitative estimate of drug-likeness (QED) is 0.648. The summed E-state index contributed by atoms with van der Waals surface area (Å²) < 4.78 is 5.48. The first-order chi connectivity index (χ1) is 8.58. The van der Waals surface area contributed by atoms with Gasteiger partial charge < -0.3 is 4.74 Å². The van der Waals surface area contributed by atoms with Crippen LogP contribution in [-0.2, 0) is 4.74 Å². The molecule has 0 bridgehead atoms. The van der Waals surface area contributed by atoms with Crippen molar-refractivity contribution in [2.75, 3.05) is 0 Å². The van der Waals surface area contributed by atoms with Gasteiger partial charge in [0.15, 0.2) is 0 Å². The summed E-state index contributed by atoms with van der Waals surface area (Å²) in [5, 5.41) is 7.90. The lowest BCUT2D eigenvalue weighted by molar-refractivity contribution is 0.288. The minimum Gasteiger partial charge on any atom is -0.474 e. The number of pyridine rings is 1. The van der Waals surface area contributed by atoms with Crippen molar-refractivity contribution < 1.29 is 4.74 Å². The van der Waals surface area contributed by atoms with Crippen molar-refractivity contribution in [1.29, 1.82) is 5.41 Å². The summed E-state index contributed by atoms with van der Waals surface area (Å²) in [5.41, 5.74) is 3.56. The highest BCUT2D eigenvalue weighted by Gasteiger charge is 2.26. The van der Waals surface area contributed by atoms with Gasteiger partial charge in [-0.2, -0.15) is 0 Å². The van der Waals surface area contributed by atoms with E-state index in [4.69, 9.17) is 10.1 Å². The van der Waals surface area contributed by atoms with Crippen molar-refractivity contribution >= 4 is 11.5 Å². The largest absolute Gasteiger partial charge is 0.474 e. The Morgan fingerprint density at radius 1 is 1.39 bits per heavy atom. The summed E-state index contributed by atoms with van der Waals surface area (Å²) in [6, 6.07) is 1.95. The van der Waals surface area contributed by atoms with Crippen LogP contribution in [0.25, 0.3) is 5.57 Å². The van der Waals surface area contributed by atoms with E-state index in [9.17, 15) is 0 Å². The molecule has 1 aliphatic rings. The number of allylic oxidation sites excluding steroid dienone is 1. The van der Waals surface area contributed by atoms with E-state index in [2.05, 4.69) is 11.6 Å². The van der Waals surface area contributed by atoms with Crippen LogP contribution < -0.4 is 0 Å². The summed E-state index contributed by atoms with van der Waals surface area (Å²) in [6.45, 7) is 11.8. The molecule has 0 spiro atoms. The third-order valence-corrected chi connectivity index (χ3v) is 2.55. The van der Waals surface area contributed by atoms with E-state index in [1.54, 1.807) is 6.20 Å². The van der Waals surface area contributed by atoms with E-state index in [-0.39, 0.29) is 12.0 Å². The first-order valence-electron chi connectivity index (χ1n) is 6.46. The Bertz CT molecular complexity index is 448.